The zero-order valence-electron chi connectivity index (χ0n) is 19.5. The molecule has 4 N–H and O–H groups in total. The molecule has 2 aliphatic rings. The lowest BCUT2D eigenvalue weighted by Gasteiger charge is -2.35. The topological polar surface area (TPSA) is 138 Å². The Morgan fingerprint density at radius 2 is 2.11 bits per heavy atom. The second-order valence-corrected chi connectivity index (χ2v) is 10.2. The number of fused-ring (bicyclic) bond motifs is 2. The first-order chi connectivity index (χ1) is 17.3. The molecule has 12 heteroatoms. The van der Waals surface area contributed by atoms with Crippen LogP contribution in [0.15, 0.2) is 35.4 Å². The van der Waals surface area contributed by atoms with Crippen LogP contribution in [0.1, 0.15) is 31.4 Å². The van der Waals surface area contributed by atoms with Gasteiger partial charge >= 0.3 is 0 Å². The van der Waals surface area contributed by atoms with Gasteiger partial charge in [0.05, 0.1) is 39.7 Å². The third-order valence-electron chi connectivity index (χ3n) is 6.44. The van der Waals surface area contributed by atoms with Gasteiger partial charge in [0.25, 0.3) is 5.91 Å². The summed E-state index contributed by atoms with van der Waals surface area (Å²) in [5.74, 6) is 0.740. The minimum absolute atomic E-state index is 0.0826. The predicted molar refractivity (Wildman–Crippen MR) is 137 cm³/mol. The molecule has 10 nitrogen and oxygen atoms in total. The Labute approximate surface area is 216 Å². The van der Waals surface area contributed by atoms with Crippen LogP contribution in [-0.2, 0) is 16.1 Å². The van der Waals surface area contributed by atoms with E-state index in [1.165, 1.54) is 18.9 Å². The van der Waals surface area contributed by atoms with Crippen molar-refractivity contribution in [3.05, 3.63) is 41.2 Å². The minimum atomic E-state index is -1.49. The molecule has 3 aromatic heterocycles. The molecule has 1 aliphatic carbocycles. The molecule has 36 heavy (non-hydrogen) atoms. The summed E-state index contributed by atoms with van der Waals surface area (Å²) in [5, 5.41) is 20.7. The molecule has 0 aromatic carbocycles. The number of thioether (sulfide) groups is 1. The van der Waals surface area contributed by atoms with Crippen LogP contribution in [0.3, 0.4) is 0 Å². The van der Waals surface area contributed by atoms with E-state index in [0.29, 0.717) is 77.1 Å². The third kappa shape index (κ3) is 5.10. The number of nitrogens with zero attached hydrogens (tertiary/aromatic N) is 3. The second kappa shape index (κ2) is 10.2. The highest BCUT2D eigenvalue weighted by atomic mass is 35.5. The van der Waals surface area contributed by atoms with E-state index in [2.05, 4.69) is 30.9 Å². The fourth-order valence-corrected chi connectivity index (χ4v) is 5.45. The fraction of sp³-hybridized carbons (Fsp3) is 0.375. The number of ether oxygens (including phenoxy) is 1. The lowest BCUT2D eigenvalue weighted by atomic mass is 9.81. The minimum Gasteiger partial charge on any atom is -0.481 e. The van der Waals surface area contributed by atoms with Crippen molar-refractivity contribution in [3.8, 4) is 5.88 Å². The number of hydrogen-bond acceptors (Lipinski definition) is 9. The number of pyridine rings is 3. The van der Waals surface area contributed by atoms with Crippen molar-refractivity contribution in [2.75, 3.05) is 23.5 Å². The van der Waals surface area contributed by atoms with Gasteiger partial charge in [0.2, 0.25) is 11.8 Å². The van der Waals surface area contributed by atoms with E-state index in [0.717, 1.165) is 4.90 Å². The molecule has 1 saturated carbocycles. The quantitative estimate of drug-likeness (QED) is 0.380. The molecule has 0 bridgehead atoms. The molecule has 0 saturated heterocycles. The number of halogens is 1. The van der Waals surface area contributed by atoms with E-state index in [1.54, 1.807) is 24.4 Å². The maximum atomic E-state index is 13.1. The van der Waals surface area contributed by atoms with Crippen molar-refractivity contribution in [1.82, 2.24) is 20.3 Å². The van der Waals surface area contributed by atoms with Crippen LogP contribution in [0.5, 0.6) is 5.88 Å². The van der Waals surface area contributed by atoms with Crippen molar-refractivity contribution in [2.45, 2.75) is 48.8 Å². The van der Waals surface area contributed by atoms with Crippen LogP contribution >= 0.6 is 23.4 Å². The van der Waals surface area contributed by atoms with Gasteiger partial charge in [0.15, 0.2) is 0 Å². The summed E-state index contributed by atoms with van der Waals surface area (Å²) in [7, 11) is 1.52. The van der Waals surface area contributed by atoms with E-state index >= 15 is 0 Å². The number of rotatable bonds is 6. The summed E-state index contributed by atoms with van der Waals surface area (Å²) in [6, 6.07) is 7.02. The van der Waals surface area contributed by atoms with Gasteiger partial charge in [-0.25, -0.2) is 9.97 Å². The van der Waals surface area contributed by atoms with Gasteiger partial charge in [0, 0.05) is 24.8 Å². The molecule has 5 rings (SSSR count). The zero-order chi connectivity index (χ0) is 25.3. The van der Waals surface area contributed by atoms with Crippen LogP contribution in [0.2, 0.25) is 5.02 Å². The number of anilines is 2. The fourth-order valence-electron chi connectivity index (χ4n) is 4.37. The maximum absolute atomic E-state index is 13.1. The van der Waals surface area contributed by atoms with Crippen LogP contribution in [0.4, 0.5) is 11.5 Å². The average molecular weight is 529 g/mol. The van der Waals surface area contributed by atoms with Crippen molar-refractivity contribution in [1.29, 1.82) is 0 Å². The number of carbonyl (C=O) groups excluding carboxylic acids is 2. The standard InChI is InChI=1S/C24H25ClN6O4S/c1-35-20-3-2-15-21(31-20)16(6-9-26-15)29-23(33)24(34)7-4-13(5-8-24)27-11-17-14(25)10-18-22(28-17)30-19(32)12-36-18/h2-3,6,9-10,13,27,34H,4-5,7-8,11-12H2,1H3,(H,26,29,33)(H,28,30,32)/t13-,24+. The van der Waals surface area contributed by atoms with E-state index in [-0.39, 0.29) is 11.9 Å². The largest absolute Gasteiger partial charge is 0.481 e. The van der Waals surface area contributed by atoms with Crippen molar-refractivity contribution in [2.24, 2.45) is 0 Å². The first-order valence-corrected chi connectivity index (χ1v) is 12.9. The van der Waals surface area contributed by atoms with E-state index in [9.17, 15) is 14.7 Å². The molecule has 0 radical (unpaired) electrons. The molecular formula is C24H25ClN6O4S. The molecule has 0 spiro atoms. The van der Waals surface area contributed by atoms with Crippen LogP contribution in [0, 0.1) is 0 Å². The van der Waals surface area contributed by atoms with Gasteiger partial charge in [-0.2, -0.15) is 0 Å². The highest BCUT2D eigenvalue weighted by Crippen LogP contribution is 2.34. The Morgan fingerprint density at radius 3 is 2.89 bits per heavy atom. The molecular weight excluding hydrogens is 504 g/mol. The number of carbonyl (C=O) groups is 2. The van der Waals surface area contributed by atoms with Crippen molar-refractivity contribution >= 4 is 57.7 Å². The van der Waals surface area contributed by atoms with E-state index in [4.69, 9.17) is 16.3 Å². The lowest BCUT2D eigenvalue weighted by molar-refractivity contribution is -0.137. The SMILES string of the molecule is COc1ccc2nccc(NC(=O)[C@]3(O)CC[C@@H](NCc4nc5c(cc4Cl)SCC(=O)N5)CC3)c2n1. The Hall–Kier alpha value is -2.99. The summed E-state index contributed by atoms with van der Waals surface area (Å²) in [6.07, 6.45) is 3.38. The highest BCUT2D eigenvalue weighted by molar-refractivity contribution is 8.00. The van der Waals surface area contributed by atoms with Gasteiger partial charge in [0.1, 0.15) is 16.9 Å². The van der Waals surface area contributed by atoms with Crippen LogP contribution in [-0.4, -0.2) is 56.4 Å². The molecule has 1 fully saturated rings. The van der Waals surface area contributed by atoms with Crippen molar-refractivity contribution in [3.63, 3.8) is 0 Å². The van der Waals surface area contributed by atoms with Gasteiger partial charge < -0.3 is 25.8 Å². The van der Waals surface area contributed by atoms with E-state index < -0.39 is 11.5 Å². The van der Waals surface area contributed by atoms with Gasteiger partial charge in [-0.05, 0) is 43.9 Å². The molecule has 4 heterocycles. The number of amides is 2. The molecule has 2 amide bonds. The summed E-state index contributed by atoms with van der Waals surface area (Å²) in [6.45, 7) is 0.415. The number of hydrogen-bond donors (Lipinski definition) is 4. The smallest absolute Gasteiger partial charge is 0.256 e. The first-order valence-electron chi connectivity index (χ1n) is 11.5. The summed E-state index contributed by atoms with van der Waals surface area (Å²) in [5.41, 5.74) is 0.727. The van der Waals surface area contributed by atoms with E-state index in [1.807, 2.05) is 6.07 Å². The third-order valence-corrected chi connectivity index (χ3v) is 7.80. The molecule has 0 unspecified atom stereocenters. The Balaban J connectivity index is 1.20. The van der Waals surface area contributed by atoms with Gasteiger partial charge in [-0.3, -0.25) is 14.6 Å². The van der Waals surface area contributed by atoms with Crippen molar-refractivity contribution < 1.29 is 19.4 Å². The summed E-state index contributed by atoms with van der Waals surface area (Å²) in [4.78, 5) is 38.7. The number of aromatic nitrogens is 3. The average Bonchev–Trinajstić information content (AvgIpc) is 2.88. The normalized spacial score (nSPS) is 21.5. The Bertz CT molecular complexity index is 1330. The van der Waals surface area contributed by atoms with Crippen LogP contribution in [0.25, 0.3) is 11.0 Å². The first kappa shape index (κ1) is 24.7. The van der Waals surface area contributed by atoms with Gasteiger partial charge in [-0.1, -0.05) is 11.6 Å². The molecule has 0 atom stereocenters. The second-order valence-electron chi connectivity index (χ2n) is 8.82. The molecule has 1 aliphatic heterocycles. The summed E-state index contributed by atoms with van der Waals surface area (Å²) >= 11 is 7.81. The summed E-state index contributed by atoms with van der Waals surface area (Å²) < 4.78 is 5.18. The number of nitrogens with one attached hydrogen (secondary N) is 3. The van der Waals surface area contributed by atoms with Gasteiger partial charge in [-0.15, -0.1) is 11.8 Å². The maximum Gasteiger partial charge on any atom is 0.256 e. The molecule has 3 aromatic rings. The monoisotopic (exact) mass is 528 g/mol. The van der Waals surface area contributed by atoms with Crippen LogP contribution < -0.4 is 20.7 Å². The zero-order valence-corrected chi connectivity index (χ0v) is 21.1. The Morgan fingerprint density at radius 1 is 1.31 bits per heavy atom. The predicted octanol–water partition coefficient (Wildman–Crippen LogP) is 3.13. The highest BCUT2D eigenvalue weighted by Gasteiger charge is 2.40. The lowest BCUT2D eigenvalue weighted by Crippen LogP contribution is -2.48. The Kier molecular flexibility index (Phi) is 6.98. The molecule has 188 valence electrons. The number of aliphatic hydroxyl groups is 1. The number of methoxy groups -OCH3 is 1.